The van der Waals surface area contributed by atoms with Gasteiger partial charge in [0.15, 0.2) is 11.5 Å². The molecule has 1 saturated heterocycles. The Bertz CT molecular complexity index is 1630. The number of rotatable bonds is 6. The number of thiophene rings is 1. The maximum Gasteiger partial charge on any atom is 0.410 e. The largest absolute Gasteiger partial charge is 0.444 e. The van der Waals surface area contributed by atoms with E-state index < -0.39 is 5.60 Å². The van der Waals surface area contributed by atoms with Gasteiger partial charge in [-0.05, 0) is 63.3 Å². The van der Waals surface area contributed by atoms with Crippen molar-refractivity contribution in [2.45, 2.75) is 43.9 Å². The molecular formula is C29H36N8O3S2. The molecule has 1 amide bonds. The second kappa shape index (κ2) is 11.7. The number of morpholine rings is 1. The molecule has 6 rings (SSSR count). The summed E-state index contributed by atoms with van der Waals surface area (Å²) in [7, 11) is 1.90. The van der Waals surface area contributed by atoms with Crippen molar-refractivity contribution < 1.29 is 14.3 Å². The van der Waals surface area contributed by atoms with Crippen LogP contribution in [0.15, 0.2) is 41.1 Å². The first kappa shape index (κ1) is 28.7. The molecule has 6 heterocycles. The van der Waals surface area contributed by atoms with Gasteiger partial charge in [0.1, 0.15) is 5.60 Å². The summed E-state index contributed by atoms with van der Waals surface area (Å²) in [5, 5.41) is 8.93. The van der Waals surface area contributed by atoms with Crippen molar-refractivity contribution in [2.75, 3.05) is 44.7 Å². The number of anilines is 2. The van der Waals surface area contributed by atoms with Crippen LogP contribution in [0.5, 0.6) is 0 Å². The van der Waals surface area contributed by atoms with Gasteiger partial charge in [0.2, 0.25) is 0 Å². The predicted octanol–water partition coefficient (Wildman–Crippen LogP) is 5.61. The molecule has 0 atom stereocenters. The Morgan fingerprint density at radius 3 is 2.71 bits per heavy atom. The summed E-state index contributed by atoms with van der Waals surface area (Å²) in [6.45, 7) is 12.2. The molecule has 2 aliphatic heterocycles. The monoisotopic (exact) mass is 608 g/mol. The molecular weight excluding hydrogens is 573 g/mol. The van der Waals surface area contributed by atoms with Gasteiger partial charge >= 0.3 is 6.09 Å². The van der Waals surface area contributed by atoms with Gasteiger partial charge in [0.05, 0.1) is 52.8 Å². The van der Waals surface area contributed by atoms with E-state index in [0.29, 0.717) is 24.6 Å². The van der Waals surface area contributed by atoms with Crippen LogP contribution in [0.2, 0.25) is 0 Å². The number of amides is 1. The van der Waals surface area contributed by atoms with E-state index in [9.17, 15) is 4.79 Å². The van der Waals surface area contributed by atoms with Crippen molar-refractivity contribution in [1.29, 1.82) is 0 Å². The molecule has 0 aliphatic carbocycles. The Kier molecular flexibility index (Phi) is 8.01. The van der Waals surface area contributed by atoms with E-state index in [1.54, 1.807) is 32.9 Å². The average molecular weight is 609 g/mol. The van der Waals surface area contributed by atoms with E-state index >= 15 is 0 Å². The van der Waals surface area contributed by atoms with Gasteiger partial charge in [-0.15, -0.1) is 11.3 Å². The Morgan fingerprint density at radius 2 is 1.98 bits per heavy atom. The first-order valence-corrected chi connectivity index (χ1v) is 15.6. The number of nitrogens with zero attached hydrogens (tertiary/aromatic N) is 7. The third-order valence-corrected chi connectivity index (χ3v) is 9.45. The second-order valence-corrected chi connectivity index (χ2v) is 13.9. The number of fused-ring (bicyclic) bond motifs is 1. The first-order valence-electron chi connectivity index (χ1n) is 14.1. The molecule has 0 aromatic carbocycles. The van der Waals surface area contributed by atoms with E-state index in [2.05, 4.69) is 38.2 Å². The highest BCUT2D eigenvalue weighted by atomic mass is 32.2. The second-order valence-electron chi connectivity index (χ2n) is 11.5. The summed E-state index contributed by atoms with van der Waals surface area (Å²) in [6.07, 6.45) is 10.2. The number of hydrogen-bond acceptors (Lipinski definition) is 10. The van der Waals surface area contributed by atoms with Crippen LogP contribution in [0.3, 0.4) is 0 Å². The Labute approximate surface area is 253 Å². The standard InChI is InChI=1S/C29H36N8O3S2/c1-19-13-24(41-27(19)42-36-9-11-39-12-10-36)33-25-26-30-15-23(21-14-31-34(5)16-21)37(26)18-22(32-25)20-7-6-8-35(17-20)28(38)40-29(2,3)4/h7,13-16,18H,6,8-12,17H2,1-5H3,(H,32,33). The summed E-state index contributed by atoms with van der Waals surface area (Å²) in [4.78, 5) is 24.5. The lowest BCUT2D eigenvalue weighted by Crippen LogP contribution is -2.39. The molecule has 13 heteroatoms. The summed E-state index contributed by atoms with van der Waals surface area (Å²) in [5.74, 6) is 0.655. The molecule has 0 radical (unpaired) electrons. The number of nitrogens with one attached hydrogen (secondary N) is 1. The van der Waals surface area contributed by atoms with Crippen LogP contribution in [0.1, 0.15) is 38.4 Å². The van der Waals surface area contributed by atoms with Gasteiger partial charge in [-0.3, -0.25) is 9.08 Å². The molecule has 42 heavy (non-hydrogen) atoms. The molecule has 11 nitrogen and oxygen atoms in total. The van der Waals surface area contributed by atoms with Crippen molar-refractivity contribution in [3.05, 3.63) is 48.2 Å². The lowest BCUT2D eigenvalue weighted by molar-refractivity contribution is 0.0273. The van der Waals surface area contributed by atoms with Gasteiger partial charge < -0.3 is 19.7 Å². The summed E-state index contributed by atoms with van der Waals surface area (Å²) < 4.78 is 18.6. The molecule has 1 N–H and O–H groups in total. The van der Waals surface area contributed by atoms with Crippen LogP contribution < -0.4 is 5.32 Å². The fourth-order valence-electron chi connectivity index (χ4n) is 4.90. The highest BCUT2D eigenvalue weighted by molar-refractivity contribution is 7.99. The molecule has 0 saturated carbocycles. The lowest BCUT2D eigenvalue weighted by atomic mass is 10.1. The van der Waals surface area contributed by atoms with Crippen molar-refractivity contribution in [3.63, 3.8) is 0 Å². The summed E-state index contributed by atoms with van der Waals surface area (Å²) >= 11 is 3.49. The minimum absolute atomic E-state index is 0.314. The number of aryl methyl sites for hydroxylation is 2. The number of aromatic nitrogens is 5. The maximum absolute atomic E-state index is 12.9. The zero-order chi connectivity index (χ0) is 29.4. The molecule has 4 aromatic heterocycles. The highest BCUT2D eigenvalue weighted by Crippen LogP contribution is 2.39. The molecule has 0 spiro atoms. The third-order valence-electron chi connectivity index (χ3n) is 6.92. The molecule has 222 valence electrons. The van der Waals surface area contributed by atoms with Gasteiger partial charge in [0, 0.05) is 44.6 Å². The van der Waals surface area contributed by atoms with Crippen LogP contribution >= 0.6 is 23.3 Å². The van der Waals surface area contributed by atoms with Crippen LogP contribution in [0.4, 0.5) is 15.6 Å². The van der Waals surface area contributed by atoms with Crippen molar-refractivity contribution in [1.82, 2.24) is 33.4 Å². The number of carbonyl (C=O) groups excluding carboxylic acids is 1. The first-order chi connectivity index (χ1) is 20.1. The van der Waals surface area contributed by atoms with E-state index in [1.807, 2.05) is 52.6 Å². The number of carbonyl (C=O) groups is 1. The number of hydrogen-bond donors (Lipinski definition) is 1. The molecule has 2 aliphatic rings. The SMILES string of the molecule is Cc1cc(Nc2nc(C3=CCCN(C(=O)OC(C)(C)C)C3)cn3c(-c4cnn(C)c4)cnc23)sc1SN1CCOCC1. The quantitative estimate of drug-likeness (QED) is 0.280. The fraction of sp³-hybridized carbons (Fsp3) is 0.448. The summed E-state index contributed by atoms with van der Waals surface area (Å²) in [6, 6.07) is 2.16. The van der Waals surface area contributed by atoms with Crippen LogP contribution in [0, 0.1) is 6.92 Å². The van der Waals surface area contributed by atoms with Crippen molar-refractivity contribution in [3.8, 4) is 11.3 Å². The number of ether oxygens (including phenoxy) is 2. The van der Waals surface area contributed by atoms with Gasteiger partial charge in [-0.25, -0.2) is 19.1 Å². The van der Waals surface area contributed by atoms with E-state index in [-0.39, 0.29) is 6.09 Å². The van der Waals surface area contributed by atoms with Crippen LogP contribution in [-0.4, -0.2) is 84.4 Å². The normalized spacial score (nSPS) is 16.6. The minimum Gasteiger partial charge on any atom is -0.444 e. The van der Waals surface area contributed by atoms with Crippen LogP contribution in [0.25, 0.3) is 22.5 Å². The van der Waals surface area contributed by atoms with E-state index in [1.165, 1.54) is 9.77 Å². The summed E-state index contributed by atoms with van der Waals surface area (Å²) in [5.41, 5.74) is 4.99. The van der Waals surface area contributed by atoms with Crippen molar-refractivity contribution in [2.24, 2.45) is 7.05 Å². The fourth-order valence-corrected chi connectivity index (χ4v) is 7.20. The zero-order valence-electron chi connectivity index (χ0n) is 24.6. The average Bonchev–Trinajstić information content (AvgIpc) is 3.66. The minimum atomic E-state index is -0.556. The smallest absolute Gasteiger partial charge is 0.410 e. The molecule has 1 fully saturated rings. The number of imidazole rings is 1. The van der Waals surface area contributed by atoms with Gasteiger partial charge in [-0.2, -0.15) is 5.10 Å². The maximum atomic E-state index is 12.9. The lowest BCUT2D eigenvalue weighted by Gasteiger charge is -2.30. The predicted molar refractivity (Wildman–Crippen MR) is 166 cm³/mol. The Hall–Kier alpha value is -3.39. The van der Waals surface area contributed by atoms with Gasteiger partial charge in [0.25, 0.3) is 0 Å². The zero-order valence-corrected chi connectivity index (χ0v) is 26.2. The molecule has 0 unspecified atom stereocenters. The third kappa shape index (κ3) is 6.33. The topological polar surface area (TPSA) is 102 Å². The van der Waals surface area contributed by atoms with E-state index in [0.717, 1.165) is 60.2 Å². The highest BCUT2D eigenvalue weighted by Gasteiger charge is 2.26. The van der Waals surface area contributed by atoms with Crippen LogP contribution in [-0.2, 0) is 16.5 Å². The molecule has 0 bridgehead atoms. The van der Waals surface area contributed by atoms with E-state index in [4.69, 9.17) is 19.4 Å². The Morgan fingerprint density at radius 1 is 1.17 bits per heavy atom. The Balaban J connectivity index is 1.34. The van der Waals surface area contributed by atoms with Crippen molar-refractivity contribution >= 4 is 51.4 Å². The van der Waals surface area contributed by atoms with Gasteiger partial charge in [-0.1, -0.05) is 6.08 Å². The molecule has 4 aromatic rings.